The van der Waals surface area contributed by atoms with Gasteiger partial charge in [-0.1, -0.05) is 27.2 Å². The van der Waals surface area contributed by atoms with Gasteiger partial charge in [-0.15, -0.1) is 11.3 Å². The van der Waals surface area contributed by atoms with E-state index in [2.05, 4.69) is 26.1 Å². The van der Waals surface area contributed by atoms with Crippen molar-refractivity contribution in [1.29, 1.82) is 0 Å². The van der Waals surface area contributed by atoms with E-state index in [0.29, 0.717) is 0 Å². The third kappa shape index (κ3) is 3.34. The fourth-order valence-electron chi connectivity index (χ4n) is 3.52. The number of thiazole rings is 1. The van der Waals surface area contributed by atoms with Gasteiger partial charge in [0.1, 0.15) is 5.01 Å². The number of rotatable bonds is 7. The number of aromatic nitrogens is 1. The maximum atomic E-state index is 5.12. The van der Waals surface area contributed by atoms with E-state index in [4.69, 9.17) is 4.98 Å². The first kappa shape index (κ1) is 15.5. The molecule has 0 saturated heterocycles. The molecule has 1 heterocycles. The molecule has 1 aromatic rings. The SMILES string of the molecule is CCC(C)CC(CC)(NC1CC1)c1nc2c(s1)CCCC2. The molecule has 0 aliphatic heterocycles. The number of nitrogens with one attached hydrogen (secondary N) is 1. The molecule has 118 valence electrons. The Morgan fingerprint density at radius 2 is 2.05 bits per heavy atom. The lowest BCUT2D eigenvalue weighted by Crippen LogP contribution is -2.44. The quantitative estimate of drug-likeness (QED) is 0.781. The van der Waals surface area contributed by atoms with Gasteiger partial charge in [0.2, 0.25) is 0 Å². The van der Waals surface area contributed by atoms with Crippen molar-refractivity contribution in [3.8, 4) is 0 Å². The van der Waals surface area contributed by atoms with E-state index in [9.17, 15) is 0 Å². The Morgan fingerprint density at radius 3 is 2.67 bits per heavy atom. The van der Waals surface area contributed by atoms with Gasteiger partial charge in [-0.3, -0.25) is 0 Å². The minimum Gasteiger partial charge on any atom is -0.303 e. The monoisotopic (exact) mass is 306 g/mol. The molecule has 2 nitrogen and oxygen atoms in total. The Morgan fingerprint density at radius 1 is 1.29 bits per heavy atom. The smallest absolute Gasteiger partial charge is 0.113 e. The predicted molar refractivity (Wildman–Crippen MR) is 91.0 cm³/mol. The maximum Gasteiger partial charge on any atom is 0.113 e. The molecule has 0 amide bonds. The summed E-state index contributed by atoms with van der Waals surface area (Å²) in [6.07, 6.45) is 11.5. The largest absolute Gasteiger partial charge is 0.303 e. The number of hydrogen-bond donors (Lipinski definition) is 1. The summed E-state index contributed by atoms with van der Waals surface area (Å²) in [6.45, 7) is 7.06. The molecular formula is C18H30N2S. The van der Waals surface area contributed by atoms with Crippen molar-refractivity contribution in [3.63, 3.8) is 0 Å². The van der Waals surface area contributed by atoms with E-state index < -0.39 is 0 Å². The Labute approximate surface area is 133 Å². The van der Waals surface area contributed by atoms with Gasteiger partial charge in [0.05, 0.1) is 11.2 Å². The van der Waals surface area contributed by atoms with Crippen molar-refractivity contribution in [3.05, 3.63) is 15.6 Å². The molecule has 2 atom stereocenters. The van der Waals surface area contributed by atoms with Crippen LogP contribution >= 0.6 is 11.3 Å². The first-order chi connectivity index (χ1) is 10.2. The zero-order chi connectivity index (χ0) is 14.9. The average Bonchev–Trinajstić information content (AvgIpc) is 3.20. The standard InChI is InChI=1S/C18H30N2S/c1-4-13(3)12-18(5-2,20-14-10-11-14)17-19-15-8-6-7-9-16(15)21-17/h13-14,20H,4-12H2,1-3H3. The molecule has 2 aliphatic carbocycles. The molecule has 0 bridgehead atoms. The van der Waals surface area contributed by atoms with E-state index in [-0.39, 0.29) is 5.54 Å². The highest BCUT2D eigenvalue weighted by atomic mass is 32.1. The molecule has 1 aromatic heterocycles. The Bertz CT molecular complexity index is 454. The van der Waals surface area contributed by atoms with Gasteiger partial charge in [0, 0.05) is 10.9 Å². The summed E-state index contributed by atoms with van der Waals surface area (Å²) < 4.78 is 0. The van der Waals surface area contributed by atoms with Crippen molar-refractivity contribution in [2.75, 3.05) is 0 Å². The lowest BCUT2D eigenvalue weighted by Gasteiger charge is -2.34. The summed E-state index contributed by atoms with van der Waals surface area (Å²) in [4.78, 5) is 6.70. The highest BCUT2D eigenvalue weighted by molar-refractivity contribution is 7.11. The van der Waals surface area contributed by atoms with E-state index >= 15 is 0 Å². The molecule has 3 heteroatoms. The van der Waals surface area contributed by atoms with Crippen molar-refractivity contribution in [2.24, 2.45) is 5.92 Å². The minimum absolute atomic E-state index is 0.137. The summed E-state index contributed by atoms with van der Waals surface area (Å²) in [5.74, 6) is 0.761. The third-order valence-electron chi connectivity index (χ3n) is 5.31. The minimum atomic E-state index is 0.137. The second-order valence-corrected chi connectivity index (χ2v) is 8.25. The van der Waals surface area contributed by atoms with Crippen molar-refractivity contribution in [2.45, 2.75) is 90.1 Å². The van der Waals surface area contributed by atoms with E-state index in [1.165, 1.54) is 68.5 Å². The van der Waals surface area contributed by atoms with E-state index in [1.54, 1.807) is 4.88 Å². The number of hydrogen-bond acceptors (Lipinski definition) is 3. The van der Waals surface area contributed by atoms with Crippen molar-refractivity contribution < 1.29 is 0 Å². The van der Waals surface area contributed by atoms with Crippen LogP contribution in [0.5, 0.6) is 0 Å². The van der Waals surface area contributed by atoms with Crippen LogP contribution in [-0.2, 0) is 18.4 Å². The fraction of sp³-hybridized carbons (Fsp3) is 0.833. The zero-order valence-corrected chi connectivity index (χ0v) is 14.7. The molecular weight excluding hydrogens is 276 g/mol. The number of nitrogens with zero attached hydrogens (tertiary/aromatic N) is 1. The van der Waals surface area contributed by atoms with Crippen LogP contribution < -0.4 is 5.32 Å². The van der Waals surface area contributed by atoms with Gasteiger partial charge in [0.25, 0.3) is 0 Å². The first-order valence-corrected chi connectivity index (χ1v) is 9.75. The number of aryl methyl sites for hydroxylation is 2. The van der Waals surface area contributed by atoms with Gasteiger partial charge < -0.3 is 5.32 Å². The second-order valence-electron chi connectivity index (χ2n) is 7.17. The molecule has 1 N–H and O–H groups in total. The Hall–Kier alpha value is -0.410. The average molecular weight is 307 g/mol. The van der Waals surface area contributed by atoms with Crippen LogP contribution in [0.2, 0.25) is 0 Å². The van der Waals surface area contributed by atoms with Crippen LogP contribution in [0.25, 0.3) is 0 Å². The molecule has 1 fully saturated rings. The topological polar surface area (TPSA) is 24.9 Å². The molecule has 0 spiro atoms. The molecule has 2 aliphatic rings. The molecule has 3 rings (SSSR count). The molecule has 21 heavy (non-hydrogen) atoms. The van der Waals surface area contributed by atoms with Crippen molar-refractivity contribution >= 4 is 11.3 Å². The summed E-state index contributed by atoms with van der Waals surface area (Å²) in [6, 6.07) is 0.745. The third-order valence-corrected chi connectivity index (χ3v) is 6.67. The highest BCUT2D eigenvalue weighted by Gasteiger charge is 2.40. The van der Waals surface area contributed by atoms with Gasteiger partial charge in [-0.05, 0) is 57.3 Å². The van der Waals surface area contributed by atoms with Crippen LogP contribution in [0.4, 0.5) is 0 Å². The van der Waals surface area contributed by atoms with Crippen LogP contribution in [0, 0.1) is 5.92 Å². The van der Waals surface area contributed by atoms with Gasteiger partial charge >= 0.3 is 0 Å². The summed E-state index contributed by atoms with van der Waals surface area (Å²) in [7, 11) is 0. The van der Waals surface area contributed by atoms with E-state index in [1.807, 2.05) is 11.3 Å². The molecule has 2 unspecified atom stereocenters. The van der Waals surface area contributed by atoms with E-state index in [0.717, 1.165) is 12.0 Å². The van der Waals surface area contributed by atoms with Crippen LogP contribution in [0.15, 0.2) is 0 Å². The van der Waals surface area contributed by atoms with Gasteiger partial charge in [-0.25, -0.2) is 4.98 Å². The summed E-state index contributed by atoms with van der Waals surface area (Å²) >= 11 is 2.02. The Kier molecular flexibility index (Phi) is 4.70. The normalized spacial score (nSPS) is 22.6. The first-order valence-electron chi connectivity index (χ1n) is 8.93. The molecule has 0 radical (unpaired) electrons. The summed E-state index contributed by atoms with van der Waals surface area (Å²) in [5, 5.41) is 5.39. The van der Waals surface area contributed by atoms with Crippen molar-refractivity contribution in [1.82, 2.24) is 10.3 Å². The lowest BCUT2D eigenvalue weighted by atomic mass is 9.84. The number of fused-ring (bicyclic) bond motifs is 1. The molecule has 1 saturated carbocycles. The van der Waals surface area contributed by atoms with Crippen LogP contribution in [0.3, 0.4) is 0 Å². The van der Waals surface area contributed by atoms with Crippen LogP contribution in [-0.4, -0.2) is 11.0 Å². The zero-order valence-electron chi connectivity index (χ0n) is 13.9. The maximum absolute atomic E-state index is 5.12. The second kappa shape index (κ2) is 6.37. The lowest BCUT2D eigenvalue weighted by molar-refractivity contribution is 0.246. The van der Waals surface area contributed by atoms with Gasteiger partial charge in [-0.2, -0.15) is 0 Å². The highest BCUT2D eigenvalue weighted by Crippen LogP contribution is 2.40. The van der Waals surface area contributed by atoms with Crippen LogP contribution in [0.1, 0.15) is 81.3 Å². The predicted octanol–water partition coefficient (Wildman–Crippen LogP) is 4.82. The van der Waals surface area contributed by atoms with Gasteiger partial charge in [0.15, 0.2) is 0 Å². The Balaban J connectivity index is 1.90. The molecule has 0 aromatic carbocycles. The summed E-state index contributed by atoms with van der Waals surface area (Å²) in [5.41, 5.74) is 1.55. The fourth-order valence-corrected chi connectivity index (χ4v) is 4.90.